The molecule has 0 fully saturated rings. The molecule has 0 unspecified atom stereocenters. The first-order valence-corrected chi connectivity index (χ1v) is 7.38. The number of aryl methyl sites for hydroxylation is 1. The molecule has 2 aromatic rings. The number of carbonyl (C=O) groups is 2. The Morgan fingerprint density at radius 2 is 1.67 bits per heavy atom. The van der Waals surface area contributed by atoms with Crippen molar-refractivity contribution in [1.29, 1.82) is 0 Å². The number of nitrogens with zero attached hydrogens (tertiary/aromatic N) is 1. The van der Waals surface area contributed by atoms with Crippen molar-refractivity contribution in [2.24, 2.45) is 0 Å². The van der Waals surface area contributed by atoms with Crippen LogP contribution in [0.25, 0.3) is 0 Å². The van der Waals surface area contributed by atoms with Gasteiger partial charge in [-0.3, -0.25) is 19.7 Å². The topological polar surface area (TPSA) is 89.3 Å². The highest BCUT2D eigenvalue weighted by atomic mass is 35.5. The Labute approximate surface area is 141 Å². The Morgan fingerprint density at radius 3 is 2.29 bits per heavy atom. The van der Waals surface area contributed by atoms with Crippen LogP contribution in [0.5, 0.6) is 0 Å². The monoisotopic (exact) mass is 342 g/mol. The molecule has 1 aliphatic rings. The number of halogens is 1. The maximum atomic E-state index is 12.6. The molecule has 0 bridgehead atoms. The summed E-state index contributed by atoms with van der Waals surface area (Å²) < 4.78 is 0. The molecular weight excluding hydrogens is 332 g/mol. The summed E-state index contributed by atoms with van der Waals surface area (Å²) in [6.07, 6.45) is 0. The summed E-state index contributed by atoms with van der Waals surface area (Å²) in [6.45, 7) is 1.72. The Kier molecular flexibility index (Phi) is 3.91. The fourth-order valence-electron chi connectivity index (χ4n) is 2.49. The predicted molar refractivity (Wildman–Crippen MR) is 89.4 cm³/mol. The van der Waals surface area contributed by atoms with E-state index in [1.165, 1.54) is 24.3 Å². The maximum absolute atomic E-state index is 12.6. The number of rotatable bonds is 3. The second-order valence-corrected chi connectivity index (χ2v) is 5.67. The van der Waals surface area contributed by atoms with Gasteiger partial charge in [0.25, 0.3) is 5.69 Å². The molecule has 3 rings (SSSR count). The summed E-state index contributed by atoms with van der Waals surface area (Å²) in [5, 5.41) is 13.6. The van der Waals surface area contributed by atoms with Gasteiger partial charge in [0.2, 0.25) is 11.6 Å². The van der Waals surface area contributed by atoms with Gasteiger partial charge in [0.15, 0.2) is 0 Å². The number of Topliss-reactive ketones (excluding diaryl/α,β-unsaturated/α-hetero) is 2. The lowest BCUT2D eigenvalue weighted by atomic mass is 9.92. The number of allylic oxidation sites excluding steroid dienone is 2. The predicted octanol–water partition coefficient (Wildman–Crippen LogP) is 3.84. The zero-order valence-electron chi connectivity index (χ0n) is 12.5. The van der Waals surface area contributed by atoms with Crippen LogP contribution in [-0.4, -0.2) is 16.5 Å². The van der Waals surface area contributed by atoms with E-state index < -0.39 is 16.5 Å². The van der Waals surface area contributed by atoms with E-state index in [-0.39, 0.29) is 33.2 Å². The van der Waals surface area contributed by atoms with Crippen molar-refractivity contribution < 1.29 is 14.5 Å². The standard InChI is InChI=1S/C17H11ClN2O4/c1-9-6-7-12(13(8-9)20(23)24)19-15-14(18)16(21)10-4-2-3-5-11(10)17(15)22/h2-8,19H,1H3. The van der Waals surface area contributed by atoms with Crippen LogP contribution in [0.3, 0.4) is 0 Å². The number of nitro benzene ring substituents is 1. The molecule has 0 aliphatic heterocycles. The van der Waals surface area contributed by atoms with Crippen LogP contribution in [0.2, 0.25) is 0 Å². The van der Waals surface area contributed by atoms with Gasteiger partial charge in [-0.2, -0.15) is 0 Å². The van der Waals surface area contributed by atoms with Crippen molar-refractivity contribution in [2.75, 3.05) is 5.32 Å². The van der Waals surface area contributed by atoms with E-state index in [1.807, 2.05) is 0 Å². The van der Waals surface area contributed by atoms with Gasteiger partial charge in [-0.05, 0) is 18.6 Å². The van der Waals surface area contributed by atoms with Crippen LogP contribution in [0, 0.1) is 17.0 Å². The SMILES string of the molecule is Cc1ccc(NC2=C(Cl)C(=O)c3ccccc3C2=O)c([N+](=O)[O-])c1. The minimum absolute atomic E-state index is 0.0966. The van der Waals surface area contributed by atoms with E-state index in [1.54, 1.807) is 25.1 Å². The first-order valence-electron chi connectivity index (χ1n) is 7.00. The summed E-state index contributed by atoms with van der Waals surface area (Å²) in [7, 11) is 0. The average molecular weight is 343 g/mol. The fourth-order valence-corrected chi connectivity index (χ4v) is 2.72. The molecular formula is C17H11ClN2O4. The van der Waals surface area contributed by atoms with E-state index in [0.717, 1.165) is 0 Å². The van der Waals surface area contributed by atoms with Crippen molar-refractivity contribution in [1.82, 2.24) is 0 Å². The number of anilines is 1. The number of benzene rings is 2. The lowest BCUT2D eigenvalue weighted by molar-refractivity contribution is -0.384. The lowest BCUT2D eigenvalue weighted by Crippen LogP contribution is -2.24. The Morgan fingerprint density at radius 1 is 1.04 bits per heavy atom. The summed E-state index contributed by atoms with van der Waals surface area (Å²) in [6, 6.07) is 10.8. The summed E-state index contributed by atoms with van der Waals surface area (Å²) >= 11 is 6.05. The number of nitrogens with one attached hydrogen (secondary N) is 1. The summed E-state index contributed by atoms with van der Waals surface area (Å²) in [4.78, 5) is 35.6. The van der Waals surface area contributed by atoms with Gasteiger partial charge < -0.3 is 5.32 Å². The zero-order valence-corrected chi connectivity index (χ0v) is 13.3. The van der Waals surface area contributed by atoms with E-state index in [9.17, 15) is 19.7 Å². The minimum atomic E-state index is -0.563. The number of hydrogen-bond donors (Lipinski definition) is 1. The maximum Gasteiger partial charge on any atom is 0.292 e. The summed E-state index contributed by atoms with van der Waals surface area (Å²) in [5.74, 6) is -0.978. The lowest BCUT2D eigenvalue weighted by Gasteiger charge is -2.19. The Hall–Kier alpha value is -2.99. The van der Waals surface area contributed by atoms with Gasteiger partial charge in [-0.1, -0.05) is 41.9 Å². The minimum Gasteiger partial charge on any atom is -0.345 e. The molecule has 0 radical (unpaired) electrons. The summed E-state index contributed by atoms with van der Waals surface area (Å²) in [5.41, 5.74) is 0.863. The number of carbonyl (C=O) groups excluding carboxylic acids is 2. The quantitative estimate of drug-likeness (QED) is 0.676. The molecule has 1 N–H and O–H groups in total. The number of ketones is 2. The first-order chi connectivity index (χ1) is 11.4. The highest BCUT2D eigenvalue weighted by Gasteiger charge is 2.32. The zero-order chi connectivity index (χ0) is 17.4. The van der Waals surface area contributed by atoms with Gasteiger partial charge in [0.05, 0.1) is 4.92 Å². The molecule has 0 aromatic heterocycles. The van der Waals surface area contributed by atoms with Gasteiger partial charge in [-0.25, -0.2) is 0 Å². The molecule has 2 aromatic carbocycles. The van der Waals surface area contributed by atoms with Crippen LogP contribution < -0.4 is 5.32 Å². The largest absolute Gasteiger partial charge is 0.345 e. The van der Waals surface area contributed by atoms with Crippen LogP contribution >= 0.6 is 11.6 Å². The molecule has 0 spiro atoms. The molecule has 7 heteroatoms. The number of hydrogen-bond acceptors (Lipinski definition) is 5. The van der Waals surface area contributed by atoms with Crippen molar-refractivity contribution in [3.8, 4) is 0 Å². The smallest absolute Gasteiger partial charge is 0.292 e. The molecule has 120 valence electrons. The number of nitro groups is 1. The van der Waals surface area contributed by atoms with E-state index in [2.05, 4.69) is 5.32 Å². The van der Waals surface area contributed by atoms with E-state index in [0.29, 0.717) is 5.56 Å². The average Bonchev–Trinajstić information content (AvgIpc) is 2.57. The second-order valence-electron chi connectivity index (χ2n) is 5.30. The van der Waals surface area contributed by atoms with E-state index >= 15 is 0 Å². The van der Waals surface area contributed by atoms with E-state index in [4.69, 9.17) is 11.6 Å². The highest BCUT2D eigenvalue weighted by molar-refractivity contribution is 6.50. The Bertz CT molecular complexity index is 934. The highest BCUT2D eigenvalue weighted by Crippen LogP contribution is 2.32. The molecule has 24 heavy (non-hydrogen) atoms. The Balaban J connectivity index is 2.08. The normalized spacial score (nSPS) is 13.8. The van der Waals surface area contributed by atoms with Crippen LogP contribution in [0.4, 0.5) is 11.4 Å². The molecule has 0 saturated carbocycles. The first kappa shape index (κ1) is 15.9. The van der Waals surface area contributed by atoms with Crippen molar-refractivity contribution >= 4 is 34.5 Å². The molecule has 6 nitrogen and oxygen atoms in total. The van der Waals surface area contributed by atoms with Crippen LogP contribution in [-0.2, 0) is 0 Å². The van der Waals surface area contributed by atoms with Gasteiger partial charge >= 0.3 is 0 Å². The second kappa shape index (κ2) is 5.90. The molecule has 0 saturated heterocycles. The van der Waals surface area contributed by atoms with Crippen LogP contribution in [0.15, 0.2) is 53.2 Å². The fraction of sp³-hybridized carbons (Fsp3) is 0.0588. The van der Waals surface area contributed by atoms with Gasteiger partial charge in [-0.15, -0.1) is 0 Å². The molecule has 1 aliphatic carbocycles. The third-order valence-electron chi connectivity index (χ3n) is 3.67. The third kappa shape index (κ3) is 2.57. The van der Waals surface area contributed by atoms with Crippen molar-refractivity contribution in [3.63, 3.8) is 0 Å². The van der Waals surface area contributed by atoms with Gasteiger partial charge in [0.1, 0.15) is 16.4 Å². The number of fused-ring (bicyclic) bond motifs is 1. The molecule has 0 atom stereocenters. The van der Waals surface area contributed by atoms with Crippen LogP contribution in [0.1, 0.15) is 26.3 Å². The van der Waals surface area contributed by atoms with Gasteiger partial charge in [0, 0.05) is 17.2 Å². The molecule has 0 amide bonds. The third-order valence-corrected chi connectivity index (χ3v) is 4.03. The van der Waals surface area contributed by atoms with Crippen molar-refractivity contribution in [3.05, 3.63) is 80.0 Å². The molecule has 0 heterocycles. The van der Waals surface area contributed by atoms with Crippen molar-refractivity contribution in [2.45, 2.75) is 6.92 Å².